The lowest BCUT2D eigenvalue weighted by Gasteiger charge is -1.95. The molecule has 2 aromatic rings. The zero-order valence-corrected chi connectivity index (χ0v) is 8.01. The quantitative estimate of drug-likeness (QED) is 0.556. The van der Waals surface area contributed by atoms with E-state index in [9.17, 15) is 10.1 Å². The topological polar surface area (TPSA) is 69.2 Å². The Balaban J connectivity index is 2.35. The Morgan fingerprint density at radius 2 is 2.00 bits per heavy atom. The van der Waals surface area contributed by atoms with Gasteiger partial charge in [-0.2, -0.15) is 0 Å². The maximum atomic E-state index is 10.4. The van der Waals surface area contributed by atoms with E-state index >= 15 is 0 Å². The lowest BCUT2D eigenvalue weighted by molar-refractivity contribution is -0.384. The molecule has 0 aliphatic heterocycles. The Morgan fingerprint density at radius 1 is 1.33 bits per heavy atom. The lowest BCUT2D eigenvalue weighted by atomic mass is 10.2. The highest BCUT2D eigenvalue weighted by Crippen LogP contribution is 2.22. The number of nitrogens with zero attached hydrogens (tertiary/aromatic N) is 2. The molecule has 0 aliphatic carbocycles. The highest BCUT2D eigenvalue weighted by Gasteiger charge is 2.07. The molecule has 1 aromatic heterocycles. The van der Waals surface area contributed by atoms with Crippen molar-refractivity contribution in [2.45, 2.75) is 6.92 Å². The number of hydrogen-bond acceptors (Lipinski definition) is 4. The first kappa shape index (κ1) is 9.39. The van der Waals surface area contributed by atoms with E-state index in [1.165, 1.54) is 12.1 Å². The van der Waals surface area contributed by atoms with Gasteiger partial charge in [0.05, 0.1) is 11.1 Å². The predicted octanol–water partition coefficient (Wildman–Crippen LogP) is 2.56. The van der Waals surface area contributed by atoms with E-state index in [0.717, 1.165) is 5.56 Å². The molecule has 1 heterocycles. The van der Waals surface area contributed by atoms with E-state index in [4.69, 9.17) is 4.42 Å². The summed E-state index contributed by atoms with van der Waals surface area (Å²) in [4.78, 5) is 13.9. The summed E-state index contributed by atoms with van der Waals surface area (Å²) >= 11 is 0. The van der Waals surface area contributed by atoms with Gasteiger partial charge in [0.15, 0.2) is 11.7 Å². The third-order valence-electron chi connectivity index (χ3n) is 1.98. The number of aromatic nitrogens is 1. The largest absolute Gasteiger partial charge is 0.441 e. The molecule has 0 radical (unpaired) electrons. The summed E-state index contributed by atoms with van der Waals surface area (Å²) in [5.41, 5.74) is 0.844. The van der Waals surface area contributed by atoms with E-state index in [2.05, 4.69) is 4.98 Å². The van der Waals surface area contributed by atoms with Gasteiger partial charge in [0, 0.05) is 24.6 Å². The molecule has 76 valence electrons. The van der Waals surface area contributed by atoms with Crippen molar-refractivity contribution in [2.75, 3.05) is 0 Å². The average molecular weight is 204 g/mol. The first-order valence-corrected chi connectivity index (χ1v) is 4.34. The minimum absolute atomic E-state index is 0.0648. The van der Waals surface area contributed by atoms with Crippen LogP contribution in [0.15, 0.2) is 34.9 Å². The van der Waals surface area contributed by atoms with E-state index < -0.39 is 4.92 Å². The summed E-state index contributed by atoms with van der Waals surface area (Å²) < 4.78 is 5.29. The van der Waals surface area contributed by atoms with Gasteiger partial charge >= 0.3 is 0 Å². The van der Waals surface area contributed by atoms with E-state index in [0.29, 0.717) is 11.7 Å². The second kappa shape index (κ2) is 3.53. The molecule has 0 saturated carbocycles. The number of hydrogen-bond donors (Lipinski definition) is 0. The monoisotopic (exact) mass is 204 g/mol. The van der Waals surface area contributed by atoms with Crippen molar-refractivity contribution in [3.8, 4) is 11.3 Å². The summed E-state index contributed by atoms with van der Waals surface area (Å²) in [5, 5.41) is 10.4. The van der Waals surface area contributed by atoms with Crippen LogP contribution in [0.5, 0.6) is 0 Å². The third-order valence-corrected chi connectivity index (χ3v) is 1.98. The second-order valence-electron chi connectivity index (χ2n) is 3.05. The molecule has 0 N–H and O–H groups in total. The van der Waals surface area contributed by atoms with Gasteiger partial charge in [0.25, 0.3) is 5.69 Å². The van der Waals surface area contributed by atoms with Crippen molar-refractivity contribution >= 4 is 5.69 Å². The van der Waals surface area contributed by atoms with Crippen LogP contribution in [0.25, 0.3) is 11.3 Å². The Morgan fingerprint density at radius 3 is 2.47 bits per heavy atom. The summed E-state index contributed by atoms with van der Waals surface area (Å²) in [5.74, 6) is 1.19. The number of nitro benzene ring substituents is 1. The van der Waals surface area contributed by atoms with Crippen molar-refractivity contribution < 1.29 is 9.34 Å². The van der Waals surface area contributed by atoms with Crippen LogP contribution in [0.1, 0.15) is 5.89 Å². The fourth-order valence-electron chi connectivity index (χ4n) is 1.24. The summed E-state index contributed by atoms with van der Waals surface area (Å²) in [7, 11) is 0. The van der Waals surface area contributed by atoms with Crippen LogP contribution in [0.3, 0.4) is 0 Å². The van der Waals surface area contributed by atoms with E-state index in [1.54, 1.807) is 25.3 Å². The Labute approximate surface area is 85.5 Å². The smallest absolute Gasteiger partial charge is 0.269 e. The highest BCUT2D eigenvalue weighted by molar-refractivity contribution is 5.58. The predicted molar refractivity (Wildman–Crippen MR) is 53.3 cm³/mol. The number of benzene rings is 1. The van der Waals surface area contributed by atoms with Gasteiger partial charge in [0.2, 0.25) is 0 Å². The van der Waals surface area contributed by atoms with Gasteiger partial charge in [-0.3, -0.25) is 10.1 Å². The minimum Gasteiger partial charge on any atom is -0.441 e. The number of aryl methyl sites for hydroxylation is 1. The van der Waals surface area contributed by atoms with Crippen LogP contribution in [-0.4, -0.2) is 9.91 Å². The summed E-state index contributed by atoms with van der Waals surface area (Å²) in [6.45, 7) is 1.74. The van der Waals surface area contributed by atoms with E-state index in [1.807, 2.05) is 0 Å². The van der Waals surface area contributed by atoms with E-state index in [-0.39, 0.29) is 5.69 Å². The van der Waals surface area contributed by atoms with Gasteiger partial charge in [-0.1, -0.05) is 0 Å². The summed E-state index contributed by atoms with van der Waals surface area (Å²) in [6.07, 6.45) is 1.59. The van der Waals surface area contributed by atoms with Crippen LogP contribution in [-0.2, 0) is 0 Å². The molecular weight excluding hydrogens is 196 g/mol. The zero-order chi connectivity index (χ0) is 10.8. The number of nitro groups is 1. The fraction of sp³-hybridized carbons (Fsp3) is 0.100. The molecule has 2 rings (SSSR count). The Bertz CT molecular complexity index is 488. The minimum atomic E-state index is -0.435. The summed E-state index contributed by atoms with van der Waals surface area (Å²) in [6, 6.07) is 6.15. The van der Waals surface area contributed by atoms with Gasteiger partial charge in [0.1, 0.15) is 0 Å². The Kier molecular flexibility index (Phi) is 2.21. The zero-order valence-electron chi connectivity index (χ0n) is 8.01. The molecule has 15 heavy (non-hydrogen) atoms. The van der Waals surface area contributed by atoms with Crippen molar-refractivity contribution in [1.29, 1.82) is 0 Å². The van der Waals surface area contributed by atoms with Gasteiger partial charge < -0.3 is 4.42 Å². The fourth-order valence-corrected chi connectivity index (χ4v) is 1.24. The van der Waals surface area contributed by atoms with Crippen LogP contribution in [0.4, 0.5) is 5.69 Å². The standard InChI is InChI=1S/C10H8N2O3/c1-7-11-6-10(15-7)8-2-4-9(5-3-8)12(13)14/h2-6H,1H3. The van der Waals surface area contributed by atoms with Crippen molar-refractivity contribution in [1.82, 2.24) is 4.98 Å². The molecule has 5 heteroatoms. The van der Waals surface area contributed by atoms with Crippen molar-refractivity contribution in [2.24, 2.45) is 0 Å². The molecule has 0 bridgehead atoms. The van der Waals surface area contributed by atoms with Gasteiger partial charge in [-0.15, -0.1) is 0 Å². The molecule has 0 amide bonds. The SMILES string of the molecule is Cc1ncc(-c2ccc([N+](=O)[O-])cc2)o1. The van der Waals surface area contributed by atoms with Gasteiger partial charge in [-0.05, 0) is 12.1 Å². The van der Waals surface area contributed by atoms with Crippen LogP contribution in [0, 0.1) is 17.0 Å². The van der Waals surface area contributed by atoms with Crippen molar-refractivity contribution in [3.63, 3.8) is 0 Å². The van der Waals surface area contributed by atoms with Crippen LogP contribution >= 0.6 is 0 Å². The molecule has 0 fully saturated rings. The molecule has 5 nitrogen and oxygen atoms in total. The number of rotatable bonds is 2. The normalized spacial score (nSPS) is 10.2. The molecule has 0 spiro atoms. The molecule has 1 aromatic carbocycles. The Hall–Kier alpha value is -2.17. The third kappa shape index (κ3) is 1.85. The molecule has 0 aliphatic rings. The molecular formula is C10H8N2O3. The van der Waals surface area contributed by atoms with Crippen LogP contribution in [0.2, 0.25) is 0 Å². The lowest BCUT2D eigenvalue weighted by Crippen LogP contribution is -1.86. The average Bonchev–Trinajstić information content (AvgIpc) is 2.65. The second-order valence-corrected chi connectivity index (χ2v) is 3.05. The molecule has 0 unspecified atom stereocenters. The molecule has 0 atom stereocenters. The first-order chi connectivity index (χ1) is 7.16. The maximum absolute atomic E-state index is 10.4. The number of oxazole rings is 1. The first-order valence-electron chi connectivity index (χ1n) is 4.34. The molecule has 0 saturated heterocycles. The van der Waals surface area contributed by atoms with Crippen LogP contribution < -0.4 is 0 Å². The number of non-ortho nitro benzene ring substituents is 1. The van der Waals surface area contributed by atoms with Gasteiger partial charge in [-0.25, -0.2) is 4.98 Å². The van der Waals surface area contributed by atoms with Crippen molar-refractivity contribution in [3.05, 3.63) is 46.5 Å². The highest BCUT2D eigenvalue weighted by atomic mass is 16.6. The maximum Gasteiger partial charge on any atom is 0.269 e.